The number of aromatic nitrogens is 2. The Morgan fingerprint density at radius 1 is 1.55 bits per heavy atom. The van der Waals surface area contributed by atoms with Crippen molar-refractivity contribution < 1.29 is 17.6 Å². The van der Waals surface area contributed by atoms with Gasteiger partial charge in [-0.25, -0.2) is 8.42 Å². The molecule has 3 heterocycles. The third-order valence-electron chi connectivity index (χ3n) is 3.71. The average Bonchev–Trinajstić information content (AvgIpc) is 3.16. The molecule has 3 rings (SSSR count). The quantitative estimate of drug-likeness (QED) is 0.908. The molecule has 0 aromatic carbocycles. The minimum Gasteiger partial charge on any atom is -0.467 e. The van der Waals surface area contributed by atoms with Gasteiger partial charge in [-0.2, -0.15) is 5.10 Å². The van der Waals surface area contributed by atoms with Crippen LogP contribution in [0.15, 0.2) is 28.9 Å². The fourth-order valence-electron chi connectivity index (χ4n) is 2.61. The predicted molar refractivity (Wildman–Crippen MR) is 79.2 cm³/mol. The summed E-state index contributed by atoms with van der Waals surface area (Å²) in [6.07, 6.45) is 2.08. The molecule has 8 heteroatoms. The second kappa shape index (κ2) is 5.60. The second-order valence-electron chi connectivity index (χ2n) is 5.43. The number of amides is 1. The van der Waals surface area contributed by atoms with Crippen LogP contribution < -0.4 is 5.32 Å². The first-order valence-electron chi connectivity index (χ1n) is 7.02. The first kappa shape index (κ1) is 14.8. The predicted octanol–water partition coefficient (Wildman–Crippen LogP) is 1.07. The number of carbonyl (C=O) groups is 1. The Kier molecular flexibility index (Phi) is 3.78. The summed E-state index contributed by atoms with van der Waals surface area (Å²) in [5.74, 6) is 0.616. The molecule has 1 saturated heterocycles. The molecule has 1 aliphatic heterocycles. The molecule has 2 aromatic heterocycles. The minimum atomic E-state index is -2.98. The van der Waals surface area contributed by atoms with Gasteiger partial charge in [0, 0.05) is 5.69 Å². The van der Waals surface area contributed by atoms with Gasteiger partial charge >= 0.3 is 0 Å². The van der Waals surface area contributed by atoms with Gasteiger partial charge in [-0.1, -0.05) is 0 Å². The van der Waals surface area contributed by atoms with Crippen molar-refractivity contribution in [2.24, 2.45) is 0 Å². The van der Waals surface area contributed by atoms with Crippen molar-refractivity contribution in [3.05, 3.63) is 41.6 Å². The lowest BCUT2D eigenvalue weighted by Crippen LogP contribution is -2.23. The Bertz CT molecular complexity index is 777. The zero-order valence-electron chi connectivity index (χ0n) is 12.2. The minimum absolute atomic E-state index is 0.0863. The highest BCUT2D eigenvalue weighted by Crippen LogP contribution is 2.24. The average molecular weight is 323 g/mol. The molecule has 1 unspecified atom stereocenters. The standard InChI is InChI=1S/C14H17N3O4S/c1-10-7-13(14(18)15-8-12-3-2-5-21-12)16-17(10)11-4-6-22(19,20)9-11/h2-3,5,7,11H,4,6,8-9H2,1H3,(H,15,18). The largest absolute Gasteiger partial charge is 0.467 e. The summed E-state index contributed by atoms with van der Waals surface area (Å²) in [6.45, 7) is 2.11. The van der Waals surface area contributed by atoms with E-state index in [1.54, 1.807) is 29.1 Å². The summed E-state index contributed by atoms with van der Waals surface area (Å²) in [5, 5.41) is 6.99. The van der Waals surface area contributed by atoms with E-state index in [0.29, 0.717) is 12.2 Å². The zero-order valence-corrected chi connectivity index (χ0v) is 13.0. The van der Waals surface area contributed by atoms with E-state index in [9.17, 15) is 13.2 Å². The Labute approximate surface area is 128 Å². The third kappa shape index (κ3) is 3.06. The first-order chi connectivity index (χ1) is 10.4. The molecule has 1 fully saturated rings. The summed E-state index contributed by atoms with van der Waals surface area (Å²) >= 11 is 0. The Hall–Kier alpha value is -2.09. The van der Waals surface area contributed by atoms with Crippen LogP contribution in [0.1, 0.15) is 34.4 Å². The fraction of sp³-hybridized carbons (Fsp3) is 0.429. The third-order valence-corrected chi connectivity index (χ3v) is 5.46. The number of furan rings is 1. The maximum atomic E-state index is 12.1. The molecular formula is C14H17N3O4S. The molecule has 1 amide bonds. The lowest BCUT2D eigenvalue weighted by molar-refractivity contribution is 0.0942. The van der Waals surface area contributed by atoms with Crippen molar-refractivity contribution in [1.29, 1.82) is 0 Å². The topological polar surface area (TPSA) is 94.2 Å². The number of carbonyl (C=O) groups excluding carboxylic acids is 1. The number of aryl methyl sites for hydroxylation is 1. The lowest BCUT2D eigenvalue weighted by atomic mass is 10.2. The monoisotopic (exact) mass is 323 g/mol. The number of rotatable bonds is 4. The molecule has 118 valence electrons. The molecule has 1 aliphatic rings. The van der Waals surface area contributed by atoms with Crippen LogP contribution >= 0.6 is 0 Å². The van der Waals surface area contributed by atoms with Crippen LogP contribution in [-0.2, 0) is 16.4 Å². The molecule has 0 aliphatic carbocycles. The van der Waals surface area contributed by atoms with Crippen LogP contribution in [0.2, 0.25) is 0 Å². The molecule has 0 saturated carbocycles. The van der Waals surface area contributed by atoms with Crippen molar-refractivity contribution >= 4 is 15.7 Å². The molecule has 0 spiro atoms. The maximum Gasteiger partial charge on any atom is 0.272 e. The van der Waals surface area contributed by atoms with E-state index in [2.05, 4.69) is 10.4 Å². The van der Waals surface area contributed by atoms with Crippen molar-refractivity contribution in [1.82, 2.24) is 15.1 Å². The van der Waals surface area contributed by atoms with Gasteiger partial charge in [0.15, 0.2) is 9.84 Å². The maximum absolute atomic E-state index is 12.1. The molecular weight excluding hydrogens is 306 g/mol. The summed E-state index contributed by atoms with van der Waals surface area (Å²) in [7, 11) is -2.98. The van der Waals surface area contributed by atoms with E-state index in [0.717, 1.165) is 5.69 Å². The van der Waals surface area contributed by atoms with Crippen molar-refractivity contribution in [3.8, 4) is 0 Å². The highest BCUT2D eigenvalue weighted by Gasteiger charge is 2.31. The van der Waals surface area contributed by atoms with Gasteiger partial charge in [0.1, 0.15) is 11.5 Å². The van der Waals surface area contributed by atoms with Crippen molar-refractivity contribution in [3.63, 3.8) is 0 Å². The summed E-state index contributed by atoms with van der Waals surface area (Å²) < 4.78 is 29.9. The van der Waals surface area contributed by atoms with Gasteiger partial charge in [-0.15, -0.1) is 0 Å². The van der Waals surface area contributed by atoms with Crippen LogP contribution in [0.4, 0.5) is 0 Å². The van der Waals surface area contributed by atoms with Gasteiger partial charge in [-0.05, 0) is 31.5 Å². The lowest BCUT2D eigenvalue weighted by Gasteiger charge is -2.10. The number of nitrogens with one attached hydrogen (secondary N) is 1. The molecule has 0 radical (unpaired) electrons. The molecule has 0 bridgehead atoms. The number of sulfone groups is 1. The number of hydrogen-bond donors (Lipinski definition) is 1. The van der Waals surface area contributed by atoms with Crippen molar-refractivity contribution in [2.45, 2.75) is 25.9 Å². The SMILES string of the molecule is Cc1cc(C(=O)NCc2ccco2)nn1C1CCS(=O)(=O)C1. The van der Waals surface area contributed by atoms with Crippen LogP contribution in [0.3, 0.4) is 0 Å². The van der Waals surface area contributed by atoms with Gasteiger partial charge < -0.3 is 9.73 Å². The van der Waals surface area contributed by atoms with E-state index in [1.165, 1.54) is 0 Å². The molecule has 2 aromatic rings. The van der Waals surface area contributed by atoms with Crippen LogP contribution in [-0.4, -0.2) is 35.6 Å². The molecule has 22 heavy (non-hydrogen) atoms. The molecule has 1 N–H and O–H groups in total. The summed E-state index contributed by atoms with van der Waals surface area (Å²) in [5.41, 5.74) is 1.07. The highest BCUT2D eigenvalue weighted by molar-refractivity contribution is 7.91. The second-order valence-corrected chi connectivity index (χ2v) is 7.66. The van der Waals surface area contributed by atoms with E-state index in [-0.39, 0.29) is 35.7 Å². The Balaban J connectivity index is 1.70. The normalized spacial score (nSPS) is 20.1. The fourth-order valence-corrected chi connectivity index (χ4v) is 4.30. The number of hydrogen-bond acceptors (Lipinski definition) is 5. The van der Waals surface area contributed by atoms with E-state index >= 15 is 0 Å². The van der Waals surface area contributed by atoms with E-state index in [4.69, 9.17) is 4.42 Å². The van der Waals surface area contributed by atoms with Gasteiger partial charge in [0.05, 0.1) is 30.4 Å². The van der Waals surface area contributed by atoms with Crippen LogP contribution in [0.25, 0.3) is 0 Å². The molecule has 1 atom stereocenters. The zero-order chi connectivity index (χ0) is 15.7. The Morgan fingerprint density at radius 2 is 2.36 bits per heavy atom. The Morgan fingerprint density at radius 3 is 3.00 bits per heavy atom. The summed E-state index contributed by atoms with van der Waals surface area (Å²) in [6, 6.07) is 5.01. The van der Waals surface area contributed by atoms with Gasteiger partial charge in [0.2, 0.25) is 0 Å². The smallest absolute Gasteiger partial charge is 0.272 e. The summed E-state index contributed by atoms with van der Waals surface area (Å²) in [4.78, 5) is 12.1. The van der Waals surface area contributed by atoms with Gasteiger partial charge in [0.25, 0.3) is 5.91 Å². The van der Waals surface area contributed by atoms with Gasteiger partial charge in [-0.3, -0.25) is 9.48 Å². The number of nitrogens with zero attached hydrogens (tertiary/aromatic N) is 2. The van der Waals surface area contributed by atoms with Crippen LogP contribution in [0.5, 0.6) is 0 Å². The van der Waals surface area contributed by atoms with E-state index in [1.807, 2.05) is 6.92 Å². The van der Waals surface area contributed by atoms with E-state index < -0.39 is 9.84 Å². The molecule has 7 nitrogen and oxygen atoms in total. The first-order valence-corrected chi connectivity index (χ1v) is 8.84. The van der Waals surface area contributed by atoms with Crippen LogP contribution in [0, 0.1) is 6.92 Å². The highest BCUT2D eigenvalue weighted by atomic mass is 32.2. The van der Waals surface area contributed by atoms with Crippen molar-refractivity contribution in [2.75, 3.05) is 11.5 Å².